The van der Waals surface area contributed by atoms with Gasteiger partial charge in [0, 0.05) is 12.1 Å². The van der Waals surface area contributed by atoms with Crippen molar-refractivity contribution in [1.29, 1.82) is 0 Å². The predicted octanol–water partition coefficient (Wildman–Crippen LogP) is -2.40. The molecule has 1 N–H and O–H groups in total. The molecule has 0 aromatic rings. The van der Waals surface area contributed by atoms with E-state index < -0.39 is 27.8 Å². The summed E-state index contributed by atoms with van der Waals surface area (Å²) in [6.45, 7) is 0. The molecule has 84 valence electrons. The molecule has 1 aliphatic rings. The number of carbonyl (C=O) groups excluding carboxylic acids is 2. The Hall–Kier alpha value is -1.37. The third-order valence-electron chi connectivity index (χ3n) is 1.95. The van der Waals surface area contributed by atoms with Crippen molar-refractivity contribution >= 4 is 21.7 Å². The monoisotopic (exact) mass is 232 g/mol. The fourth-order valence-electron chi connectivity index (χ4n) is 1.30. The summed E-state index contributed by atoms with van der Waals surface area (Å²) in [5.74, 6) is -2.12. The van der Waals surface area contributed by atoms with E-state index in [1.165, 1.54) is 0 Å². The summed E-state index contributed by atoms with van der Waals surface area (Å²) in [7, 11) is -3.04. The number of carbonyl (C=O) groups is 2. The molecule has 1 amide bonds. The lowest BCUT2D eigenvalue weighted by atomic mass is 10.2. The van der Waals surface area contributed by atoms with Gasteiger partial charge >= 0.3 is 0 Å². The lowest BCUT2D eigenvalue weighted by molar-refractivity contribution is -0.297. The largest absolute Gasteiger partial charge is 0.545 e. The van der Waals surface area contributed by atoms with Gasteiger partial charge < -0.3 is 15.2 Å². The number of amides is 1. The minimum atomic E-state index is -3.04. The van der Waals surface area contributed by atoms with Crippen molar-refractivity contribution in [3.63, 3.8) is 0 Å². The summed E-state index contributed by atoms with van der Waals surface area (Å²) in [4.78, 5) is 21.0. The molecule has 6 nitrogen and oxygen atoms in total. The van der Waals surface area contributed by atoms with Gasteiger partial charge in [-0.3, -0.25) is 4.79 Å². The highest BCUT2D eigenvalue weighted by Gasteiger charge is 2.28. The van der Waals surface area contributed by atoms with E-state index in [1.807, 2.05) is 0 Å². The molecule has 1 heterocycles. The van der Waals surface area contributed by atoms with Crippen LogP contribution < -0.4 is 10.4 Å². The Balaban J connectivity index is 2.44. The first-order valence-corrected chi connectivity index (χ1v) is 6.11. The molecule has 1 saturated heterocycles. The SMILES string of the molecule is O=C([O-])C=CC(=O)NC1CCS(=O)(=O)C1. The van der Waals surface area contributed by atoms with E-state index in [1.54, 1.807) is 0 Å². The van der Waals surface area contributed by atoms with Crippen molar-refractivity contribution in [3.8, 4) is 0 Å². The zero-order valence-electron chi connectivity index (χ0n) is 7.80. The number of rotatable bonds is 3. The van der Waals surface area contributed by atoms with Gasteiger partial charge in [0.15, 0.2) is 9.84 Å². The van der Waals surface area contributed by atoms with Crippen molar-refractivity contribution in [2.45, 2.75) is 12.5 Å². The number of sulfone groups is 1. The van der Waals surface area contributed by atoms with E-state index in [4.69, 9.17) is 0 Å². The average molecular weight is 232 g/mol. The zero-order valence-corrected chi connectivity index (χ0v) is 8.62. The molecule has 0 bridgehead atoms. The molecule has 15 heavy (non-hydrogen) atoms. The minimum absolute atomic E-state index is 0.0577. The Morgan fingerprint density at radius 3 is 2.47 bits per heavy atom. The number of carboxylic acids is 1. The maximum atomic E-state index is 11.0. The Morgan fingerprint density at radius 1 is 1.33 bits per heavy atom. The van der Waals surface area contributed by atoms with Gasteiger partial charge in [0.1, 0.15) is 0 Å². The fourth-order valence-corrected chi connectivity index (χ4v) is 2.98. The van der Waals surface area contributed by atoms with Gasteiger partial charge in [0.2, 0.25) is 5.91 Å². The second kappa shape index (κ2) is 4.43. The van der Waals surface area contributed by atoms with Crippen molar-refractivity contribution < 1.29 is 23.1 Å². The second-order valence-electron chi connectivity index (χ2n) is 3.26. The molecule has 0 aromatic heterocycles. The number of carboxylic acid groups (broad SMARTS) is 1. The lowest BCUT2D eigenvalue weighted by Crippen LogP contribution is -2.34. The minimum Gasteiger partial charge on any atom is -0.545 e. The topological polar surface area (TPSA) is 103 Å². The maximum absolute atomic E-state index is 11.0. The lowest BCUT2D eigenvalue weighted by Gasteiger charge is -2.07. The van der Waals surface area contributed by atoms with E-state index in [2.05, 4.69) is 5.32 Å². The molecular formula is C8H10NO5S-. The van der Waals surface area contributed by atoms with E-state index in [0.717, 1.165) is 6.08 Å². The van der Waals surface area contributed by atoms with Crippen LogP contribution in [0.2, 0.25) is 0 Å². The van der Waals surface area contributed by atoms with Crippen LogP contribution in [0.4, 0.5) is 0 Å². The highest BCUT2D eigenvalue weighted by atomic mass is 32.2. The summed E-state index contributed by atoms with van der Waals surface area (Å²) in [5.41, 5.74) is 0. The summed E-state index contributed by atoms with van der Waals surface area (Å²) in [6.07, 6.45) is 1.77. The highest BCUT2D eigenvalue weighted by molar-refractivity contribution is 7.91. The second-order valence-corrected chi connectivity index (χ2v) is 5.49. The van der Waals surface area contributed by atoms with Crippen molar-refractivity contribution in [2.75, 3.05) is 11.5 Å². The molecule has 1 rings (SSSR count). The number of aliphatic carboxylic acids is 1. The van der Waals surface area contributed by atoms with Gasteiger partial charge in [-0.2, -0.15) is 0 Å². The Morgan fingerprint density at radius 2 is 2.00 bits per heavy atom. The first kappa shape index (κ1) is 11.7. The summed E-state index contributed by atoms with van der Waals surface area (Å²) in [6, 6.07) is -0.422. The standard InChI is InChI=1S/C8H11NO5S/c10-7(1-2-8(11)12)9-6-3-4-15(13,14)5-6/h1-2,6H,3-5H2,(H,9,10)(H,11,12)/p-1. The molecule has 1 fully saturated rings. The van der Waals surface area contributed by atoms with Gasteiger partial charge in [0.05, 0.1) is 17.5 Å². The molecule has 0 aromatic carbocycles. The zero-order chi connectivity index (χ0) is 11.5. The molecule has 0 aliphatic carbocycles. The van der Waals surface area contributed by atoms with Gasteiger partial charge in [-0.05, 0) is 12.5 Å². The number of hydrogen-bond acceptors (Lipinski definition) is 5. The first-order chi connectivity index (χ1) is 6.89. The van der Waals surface area contributed by atoms with Gasteiger partial charge in [-0.15, -0.1) is 0 Å². The molecular weight excluding hydrogens is 222 g/mol. The van der Waals surface area contributed by atoms with Crippen molar-refractivity contribution in [1.82, 2.24) is 5.32 Å². The molecule has 0 radical (unpaired) electrons. The van der Waals surface area contributed by atoms with Crippen LogP contribution in [0.3, 0.4) is 0 Å². The van der Waals surface area contributed by atoms with Crippen molar-refractivity contribution in [2.24, 2.45) is 0 Å². The van der Waals surface area contributed by atoms with Crippen LogP contribution >= 0.6 is 0 Å². The third-order valence-corrected chi connectivity index (χ3v) is 3.72. The fraction of sp³-hybridized carbons (Fsp3) is 0.500. The summed E-state index contributed by atoms with van der Waals surface area (Å²) >= 11 is 0. The summed E-state index contributed by atoms with van der Waals surface area (Å²) in [5, 5.41) is 12.4. The van der Waals surface area contributed by atoms with Crippen LogP contribution in [0.1, 0.15) is 6.42 Å². The molecule has 0 saturated carbocycles. The van der Waals surface area contributed by atoms with Crippen LogP contribution in [0.5, 0.6) is 0 Å². The third kappa shape index (κ3) is 4.11. The highest BCUT2D eigenvalue weighted by Crippen LogP contribution is 2.10. The number of hydrogen-bond donors (Lipinski definition) is 1. The van der Waals surface area contributed by atoms with Crippen LogP contribution in [-0.2, 0) is 19.4 Å². The smallest absolute Gasteiger partial charge is 0.244 e. The molecule has 1 atom stereocenters. The quantitative estimate of drug-likeness (QED) is 0.546. The maximum Gasteiger partial charge on any atom is 0.244 e. The molecule has 1 aliphatic heterocycles. The average Bonchev–Trinajstić information content (AvgIpc) is 2.42. The first-order valence-electron chi connectivity index (χ1n) is 4.29. The van der Waals surface area contributed by atoms with E-state index in [0.29, 0.717) is 12.5 Å². The Kier molecular flexibility index (Phi) is 3.46. The molecule has 7 heteroatoms. The van der Waals surface area contributed by atoms with Gasteiger partial charge in [-0.1, -0.05) is 0 Å². The molecule has 0 spiro atoms. The Labute approximate surface area is 86.9 Å². The predicted molar refractivity (Wildman–Crippen MR) is 49.3 cm³/mol. The van der Waals surface area contributed by atoms with Crippen LogP contribution in [0, 0.1) is 0 Å². The van der Waals surface area contributed by atoms with Crippen LogP contribution in [0.15, 0.2) is 12.2 Å². The van der Waals surface area contributed by atoms with Gasteiger partial charge in [-0.25, -0.2) is 8.42 Å². The normalized spacial score (nSPS) is 24.1. The van der Waals surface area contributed by atoms with Crippen LogP contribution in [-0.4, -0.2) is 37.8 Å². The van der Waals surface area contributed by atoms with Gasteiger partial charge in [0.25, 0.3) is 0 Å². The van der Waals surface area contributed by atoms with Crippen LogP contribution in [0.25, 0.3) is 0 Å². The van der Waals surface area contributed by atoms with E-state index in [9.17, 15) is 23.1 Å². The van der Waals surface area contributed by atoms with E-state index >= 15 is 0 Å². The summed E-state index contributed by atoms with van der Waals surface area (Å²) < 4.78 is 22.0. The van der Waals surface area contributed by atoms with E-state index in [-0.39, 0.29) is 11.5 Å². The number of nitrogens with one attached hydrogen (secondary N) is 1. The Bertz CT molecular complexity index is 397. The van der Waals surface area contributed by atoms with Crippen molar-refractivity contribution in [3.05, 3.63) is 12.2 Å². The molecule has 1 unspecified atom stereocenters.